The van der Waals surface area contributed by atoms with E-state index in [1.165, 1.54) is 13.8 Å². The molecule has 0 saturated carbocycles. The van der Waals surface area contributed by atoms with Crippen LogP contribution in [-0.4, -0.2) is 58.9 Å². The zero-order valence-electron chi connectivity index (χ0n) is 18.1. The van der Waals surface area contributed by atoms with Crippen LogP contribution in [0.4, 0.5) is 0 Å². The van der Waals surface area contributed by atoms with Crippen LogP contribution in [0.5, 0.6) is 11.5 Å². The van der Waals surface area contributed by atoms with Crippen molar-refractivity contribution in [2.24, 2.45) is 0 Å². The number of rotatable bonds is 10. The van der Waals surface area contributed by atoms with Crippen molar-refractivity contribution >= 4 is 11.6 Å². The Bertz CT molecular complexity index is 847. The second kappa shape index (κ2) is 12.6. The predicted octanol–water partition coefficient (Wildman–Crippen LogP) is 2.83. The smallest absolute Gasteiger partial charge is 0.193 e. The molecule has 168 valence electrons. The van der Waals surface area contributed by atoms with E-state index in [-0.39, 0.29) is 38.0 Å². The fraction of sp³-hybridized carbons (Fsp3) is 0.333. The number of aliphatic hydroxyl groups is 3. The van der Waals surface area contributed by atoms with Crippen molar-refractivity contribution in [1.82, 2.24) is 0 Å². The summed E-state index contributed by atoms with van der Waals surface area (Å²) in [5.41, 5.74) is 0.176. The topological polar surface area (TPSA) is 113 Å². The summed E-state index contributed by atoms with van der Waals surface area (Å²) in [5.74, 6) is 0.827. The summed E-state index contributed by atoms with van der Waals surface area (Å²) in [7, 11) is 0. The molecular weight excluding hydrogens is 400 g/mol. The molecule has 2 aromatic rings. The van der Waals surface area contributed by atoms with Crippen molar-refractivity contribution in [3.8, 4) is 11.5 Å². The second-order valence-corrected chi connectivity index (χ2v) is 7.19. The molecule has 0 spiro atoms. The lowest BCUT2D eigenvalue weighted by molar-refractivity contribution is 0.0488. The van der Waals surface area contributed by atoms with Crippen LogP contribution in [0, 0.1) is 0 Å². The molecule has 0 aliphatic rings. The average molecular weight is 430 g/mol. The fourth-order valence-corrected chi connectivity index (χ4v) is 2.33. The second-order valence-electron chi connectivity index (χ2n) is 7.19. The minimum atomic E-state index is -1.37. The molecule has 0 unspecified atom stereocenters. The quantitative estimate of drug-likeness (QED) is 0.392. The number of allylic oxidation sites excluding steroid dienone is 1. The van der Waals surface area contributed by atoms with Crippen LogP contribution in [0.3, 0.4) is 0 Å². The molecule has 0 aliphatic carbocycles. The molecule has 0 aliphatic heterocycles. The van der Waals surface area contributed by atoms with Gasteiger partial charge >= 0.3 is 0 Å². The summed E-state index contributed by atoms with van der Waals surface area (Å²) in [6.07, 6.45) is 0. The number of ketones is 2. The van der Waals surface area contributed by atoms with Crippen molar-refractivity contribution in [3.63, 3.8) is 0 Å². The molecule has 3 N–H and O–H groups in total. The van der Waals surface area contributed by atoms with Gasteiger partial charge < -0.3 is 24.8 Å². The summed E-state index contributed by atoms with van der Waals surface area (Å²) in [4.78, 5) is 23.2. The molecule has 0 aromatic heterocycles. The number of carbonyl (C=O) groups excluding carboxylic acids is 2. The molecular formula is C24H30O7. The minimum absolute atomic E-state index is 0.0214. The van der Waals surface area contributed by atoms with Gasteiger partial charge in [0.15, 0.2) is 11.6 Å². The van der Waals surface area contributed by atoms with E-state index in [4.69, 9.17) is 19.7 Å². The summed E-state index contributed by atoms with van der Waals surface area (Å²) < 4.78 is 10.3. The van der Waals surface area contributed by atoms with E-state index in [9.17, 15) is 14.7 Å². The Morgan fingerprint density at radius 1 is 0.839 bits per heavy atom. The highest BCUT2D eigenvalue weighted by atomic mass is 16.5. The van der Waals surface area contributed by atoms with Gasteiger partial charge in [-0.15, -0.1) is 0 Å². The van der Waals surface area contributed by atoms with Crippen LogP contribution in [0.2, 0.25) is 0 Å². The van der Waals surface area contributed by atoms with Crippen molar-refractivity contribution in [3.05, 3.63) is 71.8 Å². The molecule has 7 nitrogen and oxygen atoms in total. The van der Waals surface area contributed by atoms with Gasteiger partial charge in [-0.25, -0.2) is 0 Å². The van der Waals surface area contributed by atoms with Gasteiger partial charge in [-0.1, -0.05) is 6.58 Å². The van der Waals surface area contributed by atoms with Crippen LogP contribution >= 0.6 is 0 Å². The maximum Gasteiger partial charge on any atom is 0.193 e. The number of benzene rings is 2. The van der Waals surface area contributed by atoms with Gasteiger partial charge in [0.05, 0.1) is 13.2 Å². The number of hydrogen-bond acceptors (Lipinski definition) is 7. The summed E-state index contributed by atoms with van der Waals surface area (Å²) in [5, 5.41) is 26.7. The first-order valence-corrected chi connectivity index (χ1v) is 9.75. The van der Waals surface area contributed by atoms with E-state index < -0.39 is 5.60 Å². The number of Topliss-reactive ketones (excluding diaryl/α,β-unsaturated/α-hetero) is 2. The van der Waals surface area contributed by atoms with Gasteiger partial charge in [0.1, 0.15) is 30.3 Å². The minimum Gasteiger partial charge on any atom is -0.491 e. The van der Waals surface area contributed by atoms with Crippen LogP contribution < -0.4 is 9.47 Å². The Morgan fingerprint density at radius 2 is 1.23 bits per heavy atom. The van der Waals surface area contributed by atoms with Gasteiger partial charge in [0, 0.05) is 11.1 Å². The number of hydrogen-bond donors (Lipinski definition) is 3. The highest BCUT2D eigenvalue weighted by Gasteiger charge is 2.24. The monoisotopic (exact) mass is 430 g/mol. The largest absolute Gasteiger partial charge is 0.491 e. The Hall–Kier alpha value is -3.00. The van der Waals surface area contributed by atoms with E-state index in [2.05, 4.69) is 6.58 Å². The molecule has 0 atom stereocenters. The van der Waals surface area contributed by atoms with Gasteiger partial charge in [-0.2, -0.15) is 0 Å². The molecule has 0 heterocycles. The number of aliphatic hydroxyl groups excluding tert-OH is 2. The zero-order valence-corrected chi connectivity index (χ0v) is 18.1. The first-order chi connectivity index (χ1) is 14.6. The molecule has 31 heavy (non-hydrogen) atoms. The first-order valence-electron chi connectivity index (χ1n) is 9.75. The van der Waals surface area contributed by atoms with Gasteiger partial charge in [0.25, 0.3) is 0 Å². The third-order valence-corrected chi connectivity index (χ3v) is 3.90. The van der Waals surface area contributed by atoms with Crippen molar-refractivity contribution in [2.75, 3.05) is 26.4 Å². The lowest BCUT2D eigenvalue weighted by Gasteiger charge is -2.15. The summed E-state index contributed by atoms with van der Waals surface area (Å²) in [6, 6.07) is 13.2. The third-order valence-electron chi connectivity index (χ3n) is 3.90. The Balaban J connectivity index is 0.000000311. The lowest BCUT2D eigenvalue weighted by Crippen LogP contribution is -2.30. The normalized spacial score (nSPS) is 10.5. The van der Waals surface area contributed by atoms with Crippen molar-refractivity contribution < 1.29 is 34.4 Å². The maximum absolute atomic E-state index is 11.7. The molecule has 0 radical (unpaired) electrons. The molecule has 7 heteroatoms. The molecule has 0 bridgehead atoms. The molecule has 2 aromatic carbocycles. The Labute approximate surface area is 182 Å². The molecule has 0 amide bonds. The Morgan fingerprint density at radius 3 is 1.55 bits per heavy atom. The summed E-state index contributed by atoms with van der Waals surface area (Å²) in [6.45, 7) is 8.57. The SMILES string of the molecule is C=C(C)C(=O)c1ccc(OCCO)cc1.CC(C)(O)C(=O)c1ccc(OCCO)cc1. The van der Waals surface area contributed by atoms with E-state index in [1.807, 2.05) is 0 Å². The van der Waals surface area contributed by atoms with E-state index in [1.54, 1.807) is 55.5 Å². The van der Waals surface area contributed by atoms with Crippen LogP contribution in [-0.2, 0) is 0 Å². The van der Waals surface area contributed by atoms with Crippen LogP contribution in [0.25, 0.3) is 0 Å². The third kappa shape index (κ3) is 9.13. The predicted molar refractivity (Wildman–Crippen MR) is 118 cm³/mol. The number of ether oxygens (including phenoxy) is 2. The van der Waals surface area contributed by atoms with Crippen LogP contribution in [0.1, 0.15) is 41.5 Å². The Kier molecular flexibility index (Phi) is 10.6. The van der Waals surface area contributed by atoms with Gasteiger partial charge in [0.2, 0.25) is 0 Å². The number of carbonyl (C=O) groups is 2. The van der Waals surface area contributed by atoms with E-state index in [0.717, 1.165) is 0 Å². The highest BCUT2D eigenvalue weighted by molar-refractivity contribution is 6.07. The zero-order chi connectivity index (χ0) is 23.4. The molecule has 0 saturated heterocycles. The fourth-order valence-electron chi connectivity index (χ4n) is 2.33. The van der Waals surface area contributed by atoms with E-state index in [0.29, 0.717) is 28.2 Å². The van der Waals surface area contributed by atoms with Crippen LogP contribution in [0.15, 0.2) is 60.7 Å². The average Bonchev–Trinajstić information content (AvgIpc) is 2.75. The van der Waals surface area contributed by atoms with E-state index >= 15 is 0 Å². The van der Waals surface area contributed by atoms with Crippen molar-refractivity contribution in [1.29, 1.82) is 0 Å². The lowest BCUT2D eigenvalue weighted by atomic mass is 9.97. The molecule has 2 rings (SSSR count). The summed E-state index contributed by atoms with van der Waals surface area (Å²) >= 11 is 0. The highest BCUT2D eigenvalue weighted by Crippen LogP contribution is 2.17. The molecule has 0 fully saturated rings. The maximum atomic E-state index is 11.7. The van der Waals surface area contributed by atoms with Gasteiger partial charge in [-0.3, -0.25) is 9.59 Å². The standard InChI is InChI=1S/C12H16O4.C12H14O3/c1-12(2,15)11(14)9-3-5-10(6-4-9)16-8-7-13;1-9(2)12(14)10-3-5-11(6-4-10)15-8-7-13/h3-6,13,15H,7-8H2,1-2H3;3-6,13H,1,7-8H2,2H3. The van der Waals surface area contributed by atoms with Crippen molar-refractivity contribution in [2.45, 2.75) is 26.4 Å². The van der Waals surface area contributed by atoms with Gasteiger partial charge in [-0.05, 0) is 74.9 Å². The first kappa shape index (κ1) is 26.0.